The van der Waals surface area contributed by atoms with E-state index in [1.165, 1.54) is 5.56 Å². The number of hydrogen-bond donors (Lipinski definition) is 1. The minimum Gasteiger partial charge on any atom is -0.497 e. The number of aliphatic hydroxyl groups excluding tert-OH is 1. The maximum Gasteiger partial charge on any atom is 0.122 e. The van der Waals surface area contributed by atoms with Gasteiger partial charge < -0.3 is 19.3 Å². The van der Waals surface area contributed by atoms with Gasteiger partial charge >= 0.3 is 0 Å². The largest absolute Gasteiger partial charge is 0.497 e. The van der Waals surface area contributed by atoms with E-state index in [2.05, 4.69) is 17.0 Å². The summed E-state index contributed by atoms with van der Waals surface area (Å²) in [7, 11) is 3.34. The molecular formula is C18H27NO4. The van der Waals surface area contributed by atoms with Gasteiger partial charge in [-0.15, -0.1) is 0 Å². The van der Waals surface area contributed by atoms with Crippen LogP contribution in [0.1, 0.15) is 31.2 Å². The molecule has 0 aromatic heterocycles. The lowest BCUT2D eigenvalue weighted by molar-refractivity contribution is -0.177. The molecule has 23 heavy (non-hydrogen) atoms. The zero-order valence-electron chi connectivity index (χ0n) is 14.1. The van der Waals surface area contributed by atoms with E-state index < -0.39 is 0 Å². The molecule has 1 atom stereocenters. The van der Waals surface area contributed by atoms with Crippen molar-refractivity contribution < 1.29 is 19.3 Å². The van der Waals surface area contributed by atoms with Crippen molar-refractivity contribution in [2.24, 2.45) is 0 Å². The number of rotatable bonds is 4. The zero-order valence-corrected chi connectivity index (χ0v) is 14.1. The molecule has 1 spiro atoms. The van der Waals surface area contributed by atoms with Gasteiger partial charge in [-0.2, -0.15) is 0 Å². The molecule has 1 aromatic carbocycles. The molecule has 2 fully saturated rings. The van der Waals surface area contributed by atoms with E-state index in [9.17, 15) is 5.11 Å². The van der Waals surface area contributed by atoms with Crippen molar-refractivity contribution in [1.29, 1.82) is 0 Å². The number of likely N-dealkylation sites (tertiary alicyclic amines) is 1. The van der Waals surface area contributed by atoms with Crippen LogP contribution in [0.5, 0.6) is 11.5 Å². The highest BCUT2D eigenvalue weighted by Crippen LogP contribution is 2.35. The minimum atomic E-state index is -0.310. The van der Waals surface area contributed by atoms with Gasteiger partial charge in [-0.1, -0.05) is 0 Å². The average molecular weight is 321 g/mol. The summed E-state index contributed by atoms with van der Waals surface area (Å²) in [5.74, 6) is 1.64. The van der Waals surface area contributed by atoms with Gasteiger partial charge in [-0.05, 0) is 43.4 Å². The number of methoxy groups -OCH3 is 2. The molecule has 128 valence electrons. The second kappa shape index (κ2) is 7.07. The van der Waals surface area contributed by atoms with Crippen LogP contribution in [-0.2, 0) is 11.3 Å². The molecule has 0 amide bonds. The van der Waals surface area contributed by atoms with Crippen LogP contribution >= 0.6 is 0 Å². The van der Waals surface area contributed by atoms with Crippen LogP contribution in [0.15, 0.2) is 18.2 Å². The number of ether oxygens (including phenoxy) is 3. The molecule has 2 saturated heterocycles. The Hall–Kier alpha value is -1.30. The minimum absolute atomic E-state index is 0.305. The van der Waals surface area contributed by atoms with Gasteiger partial charge in [0.1, 0.15) is 11.5 Å². The van der Waals surface area contributed by atoms with Crippen LogP contribution in [0.2, 0.25) is 0 Å². The molecule has 5 nitrogen and oxygen atoms in total. The third-order valence-corrected chi connectivity index (χ3v) is 5.14. The Labute approximate surface area is 138 Å². The third-order valence-electron chi connectivity index (χ3n) is 5.14. The lowest BCUT2D eigenvalue weighted by Gasteiger charge is -2.46. The summed E-state index contributed by atoms with van der Waals surface area (Å²) >= 11 is 0. The fraction of sp³-hybridized carbons (Fsp3) is 0.667. The Bertz CT molecular complexity index is 504. The van der Waals surface area contributed by atoms with Gasteiger partial charge in [0.2, 0.25) is 0 Å². The van der Waals surface area contributed by atoms with Crippen LogP contribution in [0.25, 0.3) is 0 Å². The number of nitrogens with zero attached hydrogens (tertiary/aromatic N) is 1. The number of aliphatic hydroxyl groups is 1. The topological polar surface area (TPSA) is 51.2 Å². The van der Waals surface area contributed by atoms with E-state index >= 15 is 0 Å². The first-order valence-corrected chi connectivity index (χ1v) is 8.41. The fourth-order valence-electron chi connectivity index (χ4n) is 3.69. The zero-order chi connectivity index (χ0) is 16.3. The van der Waals surface area contributed by atoms with Crippen LogP contribution in [0.3, 0.4) is 0 Å². The number of benzene rings is 1. The van der Waals surface area contributed by atoms with E-state index in [1.807, 2.05) is 6.07 Å². The molecule has 3 rings (SSSR count). The Morgan fingerprint density at radius 3 is 2.39 bits per heavy atom. The van der Waals surface area contributed by atoms with Crippen molar-refractivity contribution in [3.63, 3.8) is 0 Å². The van der Waals surface area contributed by atoms with Crippen LogP contribution in [-0.4, -0.2) is 55.6 Å². The van der Waals surface area contributed by atoms with Gasteiger partial charge in [0, 0.05) is 32.3 Å². The average Bonchev–Trinajstić information content (AvgIpc) is 2.59. The summed E-state index contributed by atoms with van der Waals surface area (Å²) in [5.41, 5.74) is 0.878. The first-order valence-electron chi connectivity index (χ1n) is 8.41. The Kier molecular flexibility index (Phi) is 5.09. The van der Waals surface area contributed by atoms with Gasteiger partial charge in [-0.3, -0.25) is 4.90 Å². The van der Waals surface area contributed by atoms with E-state index in [1.54, 1.807) is 14.2 Å². The third kappa shape index (κ3) is 3.62. The summed E-state index contributed by atoms with van der Waals surface area (Å²) in [5, 5.41) is 10.3. The summed E-state index contributed by atoms with van der Waals surface area (Å²) in [6.45, 7) is 3.52. The van der Waals surface area contributed by atoms with E-state index in [4.69, 9.17) is 14.2 Å². The molecule has 0 unspecified atom stereocenters. The quantitative estimate of drug-likeness (QED) is 0.921. The molecule has 2 heterocycles. The SMILES string of the molecule is COc1cc(CN2CCC3(CC2)OCCC[C@@H]3O)cc(OC)c1. The van der Waals surface area contributed by atoms with E-state index in [-0.39, 0.29) is 11.7 Å². The lowest BCUT2D eigenvalue weighted by Crippen LogP contribution is -2.55. The summed E-state index contributed by atoms with van der Waals surface area (Å²) in [6.07, 6.45) is 3.32. The van der Waals surface area contributed by atoms with Crippen molar-refractivity contribution in [3.05, 3.63) is 23.8 Å². The van der Waals surface area contributed by atoms with E-state index in [0.717, 1.165) is 63.4 Å². The van der Waals surface area contributed by atoms with Crippen molar-refractivity contribution in [3.8, 4) is 11.5 Å². The Morgan fingerprint density at radius 1 is 1.17 bits per heavy atom. The van der Waals surface area contributed by atoms with Gasteiger partial charge in [0.05, 0.1) is 25.9 Å². The number of piperidine rings is 1. The normalized spacial score (nSPS) is 24.6. The van der Waals surface area contributed by atoms with Crippen molar-refractivity contribution in [2.75, 3.05) is 33.9 Å². The standard InChI is InChI=1S/C18H27NO4/c1-21-15-10-14(11-16(12-15)22-2)13-19-7-5-18(6-8-19)17(20)4-3-9-23-18/h10-12,17,20H,3-9,13H2,1-2H3/t17-/m0/s1. The predicted molar refractivity (Wildman–Crippen MR) is 88.0 cm³/mol. The summed E-state index contributed by atoms with van der Waals surface area (Å²) in [6, 6.07) is 6.00. The highest BCUT2D eigenvalue weighted by atomic mass is 16.5. The van der Waals surface area contributed by atoms with Crippen LogP contribution in [0, 0.1) is 0 Å². The smallest absolute Gasteiger partial charge is 0.122 e. The molecule has 1 aromatic rings. The molecule has 2 aliphatic rings. The highest BCUT2D eigenvalue weighted by Gasteiger charge is 2.43. The van der Waals surface area contributed by atoms with Crippen molar-refractivity contribution in [1.82, 2.24) is 4.90 Å². The van der Waals surface area contributed by atoms with Gasteiger partial charge in [0.15, 0.2) is 0 Å². The summed E-state index contributed by atoms with van der Waals surface area (Å²) < 4.78 is 16.7. The van der Waals surface area contributed by atoms with E-state index in [0.29, 0.717) is 0 Å². The Balaban J connectivity index is 1.62. The molecule has 0 bridgehead atoms. The predicted octanol–water partition coefficient (Wildman–Crippen LogP) is 2.21. The molecular weight excluding hydrogens is 294 g/mol. The maximum absolute atomic E-state index is 10.3. The molecule has 2 aliphatic heterocycles. The first kappa shape index (κ1) is 16.6. The first-order chi connectivity index (χ1) is 11.1. The monoisotopic (exact) mass is 321 g/mol. The molecule has 5 heteroatoms. The van der Waals surface area contributed by atoms with Crippen molar-refractivity contribution >= 4 is 0 Å². The highest BCUT2D eigenvalue weighted by molar-refractivity contribution is 5.38. The molecule has 1 N–H and O–H groups in total. The maximum atomic E-state index is 10.3. The summed E-state index contributed by atoms with van der Waals surface area (Å²) in [4.78, 5) is 2.41. The lowest BCUT2D eigenvalue weighted by atomic mass is 9.82. The fourth-order valence-corrected chi connectivity index (χ4v) is 3.69. The van der Waals surface area contributed by atoms with Crippen LogP contribution < -0.4 is 9.47 Å². The molecule has 0 saturated carbocycles. The van der Waals surface area contributed by atoms with Crippen molar-refractivity contribution in [2.45, 2.75) is 43.9 Å². The Morgan fingerprint density at radius 2 is 1.83 bits per heavy atom. The van der Waals surface area contributed by atoms with Gasteiger partial charge in [-0.25, -0.2) is 0 Å². The molecule has 0 aliphatic carbocycles. The number of hydrogen-bond acceptors (Lipinski definition) is 5. The van der Waals surface area contributed by atoms with Crippen LogP contribution in [0.4, 0.5) is 0 Å². The molecule has 0 radical (unpaired) electrons. The second-order valence-electron chi connectivity index (χ2n) is 6.57. The second-order valence-corrected chi connectivity index (χ2v) is 6.57. The van der Waals surface area contributed by atoms with Gasteiger partial charge in [0.25, 0.3) is 0 Å².